The summed E-state index contributed by atoms with van der Waals surface area (Å²) in [5.74, 6) is 1.62. The molecule has 3 nitrogen and oxygen atoms in total. The van der Waals surface area contributed by atoms with Gasteiger partial charge >= 0.3 is 0 Å². The lowest BCUT2D eigenvalue weighted by atomic mass is 10.4. The van der Waals surface area contributed by atoms with Crippen LogP contribution in [0.1, 0.15) is 5.69 Å². The lowest BCUT2D eigenvalue weighted by Gasteiger charge is -2.03. The molecule has 2 heterocycles. The standard InChI is InChI=1S/C10H10BrN3S/c1-6-3-9(12-2)14-10(13-6)8-4-7(11)5-15-8/h3-5H,1-2H3,(H,12,13,14). The highest BCUT2D eigenvalue weighted by atomic mass is 79.9. The minimum Gasteiger partial charge on any atom is -0.373 e. The summed E-state index contributed by atoms with van der Waals surface area (Å²) in [5.41, 5.74) is 0.967. The third-order valence-electron chi connectivity index (χ3n) is 1.90. The van der Waals surface area contributed by atoms with Crippen LogP contribution in [0.3, 0.4) is 0 Å². The third-order valence-corrected chi connectivity index (χ3v) is 3.59. The molecule has 0 spiro atoms. The zero-order valence-electron chi connectivity index (χ0n) is 8.41. The molecule has 0 aromatic carbocycles. The second-order valence-electron chi connectivity index (χ2n) is 3.10. The molecule has 15 heavy (non-hydrogen) atoms. The number of hydrogen-bond donors (Lipinski definition) is 1. The Bertz CT molecular complexity index is 481. The van der Waals surface area contributed by atoms with E-state index < -0.39 is 0 Å². The van der Waals surface area contributed by atoms with Gasteiger partial charge in [0.05, 0.1) is 4.88 Å². The predicted octanol–water partition coefficient (Wildman–Crippen LogP) is 3.32. The monoisotopic (exact) mass is 283 g/mol. The molecule has 0 aliphatic heterocycles. The van der Waals surface area contributed by atoms with Crippen LogP contribution in [0, 0.1) is 6.92 Å². The quantitative estimate of drug-likeness (QED) is 0.919. The van der Waals surface area contributed by atoms with Gasteiger partial charge in [-0.25, -0.2) is 9.97 Å². The Kier molecular flexibility index (Phi) is 3.02. The average molecular weight is 284 g/mol. The lowest BCUT2D eigenvalue weighted by Crippen LogP contribution is -1.97. The SMILES string of the molecule is CNc1cc(C)nc(-c2cc(Br)cs2)n1. The smallest absolute Gasteiger partial charge is 0.171 e. The lowest BCUT2D eigenvalue weighted by molar-refractivity contribution is 1.11. The Hall–Kier alpha value is -0.940. The first-order chi connectivity index (χ1) is 7.19. The Balaban J connectivity index is 2.48. The fourth-order valence-corrected chi connectivity index (χ4v) is 2.60. The van der Waals surface area contributed by atoms with Gasteiger partial charge in [-0.1, -0.05) is 0 Å². The normalized spacial score (nSPS) is 10.3. The van der Waals surface area contributed by atoms with Gasteiger partial charge in [-0.2, -0.15) is 0 Å². The number of aromatic nitrogens is 2. The summed E-state index contributed by atoms with van der Waals surface area (Å²) in [4.78, 5) is 9.88. The number of nitrogens with zero attached hydrogens (tertiary/aromatic N) is 2. The van der Waals surface area contributed by atoms with Crippen LogP contribution in [0.4, 0.5) is 5.82 Å². The van der Waals surface area contributed by atoms with E-state index in [1.807, 2.05) is 31.5 Å². The largest absolute Gasteiger partial charge is 0.373 e. The van der Waals surface area contributed by atoms with Crippen molar-refractivity contribution >= 4 is 33.1 Å². The van der Waals surface area contributed by atoms with Gasteiger partial charge in [0.25, 0.3) is 0 Å². The molecule has 0 amide bonds. The predicted molar refractivity (Wildman–Crippen MR) is 67.3 cm³/mol. The molecule has 0 saturated carbocycles. The number of rotatable bonds is 2. The summed E-state index contributed by atoms with van der Waals surface area (Å²) in [5, 5.41) is 5.05. The number of hydrogen-bond acceptors (Lipinski definition) is 4. The fourth-order valence-electron chi connectivity index (χ4n) is 1.24. The van der Waals surface area contributed by atoms with Crippen molar-refractivity contribution in [3.05, 3.63) is 27.7 Å². The van der Waals surface area contributed by atoms with Gasteiger partial charge in [-0.15, -0.1) is 11.3 Å². The number of halogens is 1. The van der Waals surface area contributed by atoms with E-state index in [1.54, 1.807) is 11.3 Å². The van der Waals surface area contributed by atoms with Gasteiger partial charge in [0.2, 0.25) is 0 Å². The van der Waals surface area contributed by atoms with Crippen molar-refractivity contribution in [3.8, 4) is 10.7 Å². The van der Waals surface area contributed by atoms with Crippen LogP contribution in [-0.4, -0.2) is 17.0 Å². The van der Waals surface area contributed by atoms with Crippen LogP contribution in [-0.2, 0) is 0 Å². The molecule has 0 unspecified atom stereocenters. The highest BCUT2D eigenvalue weighted by Gasteiger charge is 2.06. The fraction of sp³-hybridized carbons (Fsp3) is 0.200. The van der Waals surface area contributed by atoms with Crippen LogP contribution in [0.5, 0.6) is 0 Å². The van der Waals surface area contributed by atoms with Crippen molar-refractivity contribution in [2.75, 3.05) is 12.4 Å². The molecule has 0 bridgehead atoms. The van der Waals surface area contributed by atoms with E-state index in [9.17, 15) is 0 Å². The third kappa shape index (κ3) is 2.35. The number of nitrogens with one attached hydrogen (secondary N) is 1. The van der Waals surface area contributed by atoms with Gasteiger partial charge in [-0.3, -0.25) is 0 Å². The van der Waals surface area contributed by atoms with Gasteiger partial charge in [-0.05, 0) is 28.9 Å². The molecule has 0 saturated heterocycles. The van der Waals surface area contributed by atoms with Crippen molar-refractivity contribution in [2.24, 2.45) is 0 Å². The van der Waals surface area contributed by atoms with E-state index in [0.717, 1.165) is 26.7 Å². The number of anilines is 1. The zero-order chi connectivity index (χ0) is 10.8. The first-order valence-corrected chi connectivity index (χ1v) is 6.14. The molecular weight excluding hydrogens is 274 g/mol. The summed E-state index contributed by atoms with van der Waals surface area (Å²) >= 11 is 5.05. The van der Waals surface area contributed by atoms with Gasteiger partial charge in [0.15, 0.2) is 5.82 Å². The second-order valence-corrected chi connectivity index (χ2v) is 4.92. The zero-order valence-corrected chi connectivity index (χ0v) is 10.8. The van der Waals surface area contributed by atoms with Crippen LogP contribution in [0.15, 0.2) is 22.0 Å². The van der Waals surface area contributed by atoms with E-state index in [2.05, 4.69) is 31.2 Å². The summed E-state index contributed by atoms with van der Waals surface area (Å²) < 4.78 is 1.07. The highest BCUT2D eigenvalue weighted by molar-refractivity contribution is 9.10. The van der Waals surface area contributed by atoms with Crippen molar-refractivity contribution in [2.45, 2.75) is 6.92 Å². The van der Waals surface area contributed by atoms with E-state index in [4.69, 9.17) is 0 Å². The van der Waals surface area contributed by atoms with E-state index in [1.165, 1.54) is 0 Å². The van der Waals surface area contributed by atoms with Gasteiger partial charge < -0.3 is 5.32 Å². The molecule has 2 rings (SSSR count). The van der Waals surface area contributed by atoms with Crippen molar-refractivity contribution in [1.29, 1.82) is 0 Å². The highest BCUT2D eigenvalue weighted by Crippen LogP contribution is 2.28. The molecule has 1 N–H and O–H groups in total. The van der Waals surface area contributed by atoms with Crippen LogP contribution >= 0.6 is 27.3 Å². The summed E-state index contributed by atoms with van der Waals surface area (Å²) in [6, 6.07) is 3.95. The molecule has 5 heteroatoms. The summed E-state index contributed by atoms with van der Waals surface area (Å²) in [7, 11) is 1.86. The molecule has 0 aliphatic carbocycles. The minimum atomic E-state index is 0.773. The molecular formula is C10H10BrN3S. The van der Waals surface area contributed by atoms with Crippen molar-refractivity contribution in [3.63, 3.8) is 0 Å². The number of aryl methyl sites for hydroxylation is 1. The van der Waals surface area contributed by atoms with Crippen LogP contribution < -0.4 is 5.32 Å². The molecule has 78 valence electrons. The van der Waals surface area contributed by atoms with E-state index >= 15 is 0 Å². The average Bonchev–Trinajstić information content (AvgIpc) is 2.64. The molecule has 2 aromatic heterocycles. The second kappa shape index (κ2) is 4.28. The molecule has 0 atom stereocenters. The molecule has 0 fully saturated rings. The van der Waals surface area contributed by atoms with E-state index in [-0.39, 0.29) is 0 Å². The van der Waals surface area contributed by atoms with Gasteiger partial charge in [0, 0.05) is 28.7 Å². The summed E-state index contributed by atoms with van der Waals surface area (Å²) in [6.45, 7) is 1.97. The van der Waals surface area contributed by atoms with Gasteiger partial charge in [0.1, 0.15) is 5.82 Å². The molecule has 2 aromatic rings. The van der Waals surface area contributed by atoms with Crippen molar-refractivity contribution in [1.82, 2.24) is 9.97 Å². The van der Waals surface area contributed by atoms with E-state index in [0.29, 0.717) is 0 Å². The summed E-state index contributed by atoms with van der Waals surface area (Å²) in [6.07, 6.45) is 0. The van der Waals surface area contributed by atoms with Crippen LogP contribution in [0.2, 0.25) is 0 Å². The first kappa shape index (κ1) is 10.6. The maximum absolute atomic E-state index is 4.40. The maximum atomic E-state index is 4.40. The maximum Gasteiger partial charge on any atom is 0.171 e. The Morgan fingerprint density at radius 2 is 2.13 bits per heavy atom. The first-order valence-electron chi connectivity index (χ1n) is 4.47. The Morgan fingerprint density at radius 1 is 1.33 bits per heavy atom. The topological polar surface area (TPSA) is 37.8 Å². The Morgan fingerprint density at radius 3 is 2.73 bits per heavy atom. The number of thiophene rings is 1. The van der Waals surface area contributed by atoms with Crippen LogP contribution in [0.25, 0.3) is 10.7 Å². The molecule has 0 aliphatic rings. The molecule has 0 radical (unpaired) electrons. The Labute approximate surface area is 101 Å². The minimum absolute atomic E-state index is 0.773. The van der Waals surface area contributed by atoms with Crippen molar-refractivity contribution < 1.29 is 0 Å².